The van der Waals surface area contributed by atoms with E-state index in [1.54, 1.807) is 6.92 Å². The van der Waals surface area contributed by atoms with E-state index in [4.69, 9.17) is 4.74 Å². The summed E-state index contributed by atoms with van der Waals surface area (Å²) in [5.74, 6) is 0.805. The molecule has 0 aromatic heterocycles. The number of nitrogens with one attached hydrogen (secondary N) is 1. The Morgan fingerprint density at radius 3 is 2.50 bits per heavy atom. The van der Waals surface area contributed by atoms with Crippen LogP contribution in [0.15, 0.2) is 22.7 Å². The molecule has 18 heavy (non-hydrogen) atoms. The summed E-state index contributed by atoms with van der Waals surface area (Å²) >= 11 is 3.50. The summed E-state index contributed by atoms with van der Waals surface area (Å²) in [6.45, 7) is 8.56. The molecule has 0 amide bonds. The largest absolute Gasteiger partial charge is 0.487 e. The van der Waals surface area contributed by atoms with Crippen molar-refractivity contribution in [1.82, 2.24) is 5.32 Å². The Morgan fingerprint density at radius 2 is 1.94 bits per heavy atom. The first-order valence-corrected chi connectivity index (χ1v) is 7.06. The maximum atomic E-state index is 9.53. The first-order chi connectivity index (χ1) is 8.41. The van der Waals surface area contributed by atoms with Crippen LogP contribution >= 0.6 is 15.9 Å². The number of ether oxygens (including phenoxy) is 1. The van der Waals surface area contributed by atoms with Gasteiger partial charge in [0, 0.05) is 18.2 Å². The molecule has 2 N–H and O–H groups in total. The highest BCUT2D eigenvalue weighted by molar-refractivity contribution is 9.10. The number of hydrogen-bond donors (Lipinski definition) is 2. The van der Waals surface area contributed by atoms with Crippen LogP contribution in [0.5, 0.6) is 5.75 Å². The molecule has 102 valence electrons. The van der Waals surface area contributed by atoms with Gasteiger partial charge in [-0.2, -0.15) is 0 Å². The van der Waals surface area contributed by atoms with Gasteiger partial charge in [0.1, 0.15) is 11.9 Å². The van der Waals surface area contributed by atoms with Crippen LogP contribution in [0.2, 0.25) is 0 Å². The van der Waals surface area contributed by atoms with E-state index in [9.17, 15) is 5.11 Å². The second-order valence-corrected chi connectivity index (χ2v) is 5.68. The summed E-state index contributed by atoms with van der Waals surface area (Å²) in [4.78, 5) is 0. The Labute approximate surface area is 118 Å². The maximum absolute atomic E-state index is 9.53. The second kappa shape index (κ2) is 7.12. The standard InChI is InChI=1S/C14H22BrNO2/c1-9(2)16-8-12-6-5-7-13(15)14(12)18-11(4)10(3)17/h5-7,9-11,16-17H,8H2,1-4H3. The molecule has 1 aromatic carbocycles. The zero-order valence-electron chi connectivity index (χ0n) is 11.4. The molecule has 2 unspecified atom stereocenters. The molecular formula is C14H22BrNO2. The van der Waals surface area contributed by atoms with Crippen molar-refractivity contribution < 1.29 is 9.84 Å². The third kappa shape index (κ3) is 4.59. The van der Waals surface area contributed by atoms with Gasteiger partial charge in [-0.3, -0.25) is 0 Å². The Bertz CT molecular complexity index is 380. The molecule has 0 aliphatic heterocycles. The van der Waals surface area contributed by atoms with E-state index >= 15 is 0 Å². The molecule has 0 saturated carbocycles. The SMILES string of the molecule is CC(C)NCc1cccc(Br)c1OC(C)C(C)O. The molecule has 0 heterocycles. The van der Waals surface area contributed by atoms with Crippen LogP contribution in [-0.4, -0.2) is 23.4 Å². The van der Waals surface area contributed by atoms with Gasteiger partial charge in [-0.1, -0.05) is 26.0 Å². The fraction of sp³-hybridized carbons (Fsp3) is 0.571. The van der Waals surface area contributed by atoms with Crippen LogP contribution in [0, 0.1) is 0 Å². The summed E-state index contributed by atoms with van der Waals surface area (Å²) in [5.41, 5.74) is 1.09. The predicted octanol–water partition coefficient (Wildman–Crippen LogP) is 3.10. The molecule has 0 aliphatic carbocycles. The Kier molecular flexibility index (Phi) is 6.12. The van der Waals surface area contributed by atoms with Gasteiger partial charge in [0.2, 0.25) is 0 Å². The summed E-state index contributed by atoms with van der Waals surface area (Å²) in [6.07, 6.45) is -0.732. The molecule has 0 radical (unpaired) electrons. The van der Waals surface area contributed by atoms with Crippen molar-refractivity contribution in [3.63, 3.8) is 0 Å². The van der Waals surface area contributed by atoms with Crippen molar-refractivity contribution in [1.29, 1.82) is 0 Å². The third-order valence-electron chi connectivity index (χ3n) is 2.73. The first-order valence-electron chi connectivity index (χ1n) is 6.27. The van der Waals surface area contributed by atoms with Gasteiger partial charge in [-0.05, 0) is 35.8 Å². The molecule has 0 bridgehead atoms. The number of hydrogen-bond acceptors (Lipinski definition) is 3. The fourth-order valence-electron chi connectivity index (χ4n) is 1.42. The highest BCUT2D eigenvalue weighted by Gasteiger charge is 2.15. The fourth-order valence-corrected chi connectivity index (χ4v) is 1.92. The maximum Gasteiger partial charge on any atom is 0.138 e. The lowest BCUT2D eigenvalue weighted by atomic mass is 10.2. The topological polar surface area (TPSA) is 41.5 Å². The Morgan fingerprint density at radius 1 is 1.28 bits per heavy atom. The lowest BCUT2D eigenvalue weighted by molar-refractivity contribution is 0.0592. The van der Waals surface area contributed by atoms with Gasteiger partial charge in [0.25, 0.3) is 0 Å². The molecule has 1 rings (SSSR count). The number of rotatable bonds is 6. The number of para-hydroxylation sites is 1. The number of aliphatic hydroxyl groups is 1. The molecule has 1 aromatic rings. The number of halogens is 1. The van der Waals surface area contributed by atoms with Crippen molar-refractivity contribution in [2.24, 2.45) is 0 Å². The first kappa shape index (κ1) is 15.5. The van der Waals surface area contributed by atoms with E-state index in [0.29, 0.717) is 6.04 Å². The predicted molar refractivity (Wildman–Crippen MR) is 77.9 cm³/mol. The highest BCUT2D eigenvalue weighted by Crippen LogP contribution is 2.30. The Hall–Kier alpha value is -0.580. The summed E-state index contributed by atoms with van der Waals surface area (Å²) < 4.78 is 6.75. The van der Waals surface area contributed by atoms with Crippen LogP contribution in [0.3, 0.4) is 0 Å². The normalized spacial score (nSPS) is 14.6. The number of benzene rings is 1. The van der Waals surface area contributed by atoms with Crippen LogP contribution < -0.4 is 10.1 Å². The van der Waals surface area contributed by atoms with Crippen molar-refractivity contribution in [2.45, 2.75) is 52.5 Å². The highest BCUT2D eigenvalue weighted by atomic mass is 79.9. The van der Waals surface area contributed by atoms with Gasteiger partial charge in [-0.25, -0.2) is 0 Å². The minimum Gasteiger partial charge on any atom is -0.487 e. The average molecular weight is 316 g/mol. The molecule has 0 saturated heterocycles. The van der Waals surface area contributed by atoms with E-state index in [1.165, 1.54) is 0 Å². The van der Waals surface area contributed by atoms with E-state index in [0.717, 1.165) is 22.3 Å². The van der Waals surface area contributed by atoms with Gasteiger partial charge >= 0.3 is 0 Å². The molecule has 2 atom stereocenters. The van der Waals surface area contributed by atoms with E-state index in [2.05, 4.69) is 35.1 Å². The van der Waals surface area contributed by atoms with Crippen LogP contribution in [0.1, 0.15) is 33.3 Å². The summed E-state index contributed by atoms with van der Waals surface area (Å²) in [6, 6.07) is 6.39. The lowest BCUT2D eigenvalue weighted by Crippen LogP contribution is -2.27. The van der Waals surface area contributed by atoms with E-state index in [1.807, 2.05) is 25.1 Å². The van der Waals surface area contributed by atoms with Gasteiger partial charge in [0.15, 0.2) is 0 Å². The molecule has 0 aliphatic rings. The van der Waals surface area contributed by atoms with Crippen molar-refractivity contribution in [3.05, 3.63) is 28.2 Å². The summed E-state index contributed by atoms with van der Waals surface area (Å²) in [5, 5.41) is 12.9. The lowest BCUT2D eigenvalue weighted by Gasteiger charge is -2.21. The zero-order valence-corrected chi connectivity index (χ0v) is 13.0. The number of aliphatic hydroxyl groups excluding tert-OH is 1. The molecule has 0 fully saturated rings. The van der Waals surface area contributed by atoms with Crippen LogP contribution in [-0.2, 0) is 6.54 Å². The van der Waals surface area contributed by atoms with Gasteiger partial charge in [0.05, 0.1) is 10.6 Å². The summed E-state index contributed by atoms with van der Waals surface area (Å²) in [7, 11) is 0. The minimum absolute atomic E-state index is 0.235. The average Bonchev–Trinajstić information content (AvgIpc) is 2.29. The quantitative estimate of drug-likeness (QED) is 0.847. The smallest absolute Gasteiger partial charge is 0.138 e. The Balaban J connectivity index is 2.86. The molecule has 3 nitrogen and oxygen atoms in total. The van der Waals surface area contributed by atoms with Crippen molar-refractivity contribution in [2.75, 3.05) is 0 Å². The monoisotopic (exact) mass is 315 g/mol. The third-order valence-corrected chi connectivity index (χ3v) is 3.36. The molecule has 0 spiro atoms. The van der Waals surface area contributed by atoms with Crippen LogP contribution in [0.4, 0.5) is 0 Å². The second-order valence-electron chi connectivity index (χ2n) is 4.83. The zero-order chi connectivity index (χ0) is 13.7. The molecular weight excluding hydrogens is 294 g/mol. The van der Waals surface area contributed by atoms with E-state index < -0.39 is 6.10 Å². The van der Waals surface area contributed by atoms with E-state index in [-0.39, 0.29) is 6.10 Å². The van der Waals surface area contributed by atoms with Gasteiger partial charge in [-0.15, -0.1) is 0 Å². The minimum atomic E-state index is -0.497. The van der Waals surface area contributed by atoms with Crippen LogP contribution in [0.25, 0.3) is 0 Å². The van der Waals surface area contributed by atoms with Crippen molar-refractivity contribution in [3.8, 4) is 5.75 Å². The van der Waals surface area contributed by atoms with Crippen molar-refractivity contribution >= 4 is 15.9 Å². The van der Waals surface area contributed by atoms with Gasteiger partial charge < -0.3 is 15.2 Å². The molecule has 4 heteroatoms.